The Morgan fingerprint density at radius 3 is 2.95 bits per heavy atom. The maximum Gasteiger partial charge on any atom is 0.246 e. The van der Waals surface area contributed by atoms with Crippen LogP contribution < -0.4 is 5.32 Å². The van der Waals surface area contributed by atoms with Crippen molar-refractivity contribution in [3.63, 3.8) is 0 Å². The summed E-state index contributed by atoms with van der Waals surface area (Å²) in [7, 11) is 0. The molecule has 0 fully saturated rings. The topological polar surface area (TPSA) is 80.0 Å². The van der Waals surface area contributed by atoms with Gasteiger partial charge in [-0.25, -0.2) is 4.68 Å². The lowest BCUT2D eigenvalue weighted by Crippen LogP contribution is -2.19. The van der Waals surface area contributed by atoms with Crippen molar-refractivity contribution in [3.8, 4) is 0 Å². The fraction of sp³-hybridized carbons (Fsp3) is 0.250. The molecule has 0 aliphatic rings. The third-order valence-corrected chi connectivity index (χ3v) is 3.10. The summed E-state index contributed by atoms with van der Waals surface area (Å²) in [5, 5.41) is 19.2. The molecule has 2 rings (SSSR count). The minimum absolute atomic E-state index is 0.0157. The van der Waals surface area contributed by atoms with E-state index in [1.807, 2.05) is 18.2 Å². The number of aromatic nitrogens is 3. The molecule has 0 radical (unpaired) electrons. The summed E-state index contributed by atoms with van der Waals surface area (Å²) in [6.07, 6.45) is 2.09. The lowest BCUT2D eigenvalue weighted by molar-refractivity contribution is -0.116. The summed E-state index contributed by atoms with van der Waals surface area (Å²) in [5.41, 5.74) is 1.37. The molecule has 0 spiro atoms. The van der Waals surface area contributed by atoms with Crippen molar-refractivity contribution in [2.24, 2.45) is 0 Å². The smallest absolute Gasteiger partial charge is 0.246 e. The molecule has 19 heavy (non-hydrogen) atoms. The Morgan fingerprint density at radius 1 is 1.42 bits per heavy atom. The second-order valence-electron chi connectivity index (χ2n) is 3.91. The van der Waals surface area contributed by atoms with Crippen LogP contribution >= 0.6 is 15.9 Å². The van der Waals surface area contributed by atoms with Crippen molar-refractivity contribution in [2.75, 3.05) is 11.9 Å². The van der Waals surface area contributed by atoms with E-state index in [4.69, 9.17) is 5.11 Å². The molecule has 1 heterocycles. The van der Waals surface area contributed by atoms with Gasteiger partial charge in [-0.3, -0.25) is 4.79 Å². The summed E-state index contributed by atoms with van der Waals surface area (Å²) in [4.78, 5) is 11.8. The van der Waals surface area contributed by atoms with Crippen LogP contribution in [0.5, 0.6) is 0 Å². The first-order valence-electron chi connectivity index (χ1n) is 5.73. The largest absolute Gasteiger partial charge is 0.396 e. The van der Waals surface area contributed by atoms with Crippen molar-refractivity contribution in [1.29, 1.82) is 0 Å². The van der Waals surface area contributed by atoms with Crippen LogP contribution in [0, 0.1) is 0 Å². The average molecular weight is 325 g/mol. The molecule has 1 aromatic carbocycles. The van der Waals surface area contributed by atoms with Gasteiger partial charge < -0.3 is 10.4 Å². The van der Waals surface area contributed by atoms with E-state index < -0.39 is 0 Å². The standard InChI is InChI=1S/C12H13BrN4O2/c13-10-3-1-2-4-11(10)14-12(19)8-17-7-9(5-6-18)15-16-17/h1-4,7,18H,5-6,8H2,(H,14,19). The zero-order chi connectivity index (χ0) is 13.7. The molecule has 2 N–H and O–H groups in total. The number of rotatable bonds is 5. The van der Waals surface area contributed by atoms with Crippen LogP contribution in [0.2, 0.25) is 0 Å². The maximum atomic E-state index is 11.8. The third-order valence-electron chi connectivity index (χ3n) is 2.41. The van der Waals surface area contributed by atoms with Gasteiger partial charge in [-0.05, 0) is 28.1 Å². The minimum atomic E-state index is -0.188. The predicted octanol–water partition coefficient (Wildman–Crippen LogP) is 1.21. The number of amides is 1. The molecule has 100 valence electrons. The zero-order valence-corrected chi connectivity index (χ0v) is 11.7. The first-order valence-corrected chi connectivity index (χ1v) is 6.52. The first kappa shape index (κ1) is 13.7. The number of nitrogens with one attached hydrogen (secondary N) is 1. The van der Waals surface area contributed by atoms with Crippen molar-refractivity contribution in [1.82, 2.24) is 15.0 Å². The van der Waals surface area contributed by atoms with E-state index in [2.05, 4.69) is 31.6 Å². The number of aliphatic hydroxyl groups excluding tert-OH is 1. The Hall–Kier alpha value is -1.73. The van der Waals surface area contributed by atoms with E-state index in [0.29, 0.717) is 17.8 Å². The number of carbonyl (C=O) groups is 1. The van der Waals surface area contributed by atoms with E-state index in [9.17, 15) is 4.79 Å². The Balaban J connectivity index is 1.95. The van der Waals surface area contributed by atoms with Crippen LogP contribution in [0.15, 0.2) is 34.9 Å². The highest BCUT2D eigenvalue weighted by Crippen LogP contribution is 2.20. The summed E-state index contributed by atoms with van der Waals surface area (Å²) in [5.74, 6) is -0.188. The van der Waals surface area contributed by atoms with E-state index in [-0.39, 0.29) is 19.1 Å². The van der Waals surface area contributed by atoms with Crippen molar-refractivity contribution < 1.29 is 9.90 Å². The molecule has 0 bridgehead atoms. The number of benzene rings is 1. The highest BCUT2D eigenvalue weighted by atomic mass is 79.9. The van der Waals surface area contributed by atoms with Gasteiger partial charge in [-0.2, -0.15) is 0 Å². The summed E-state index contributed by atoms with van der Waals surface area (Å²) >= 11 is 3.36. The first-order chi connectivity index (χ1) is 9.19. The van der Waals surface area contributed by atoms with Gasteiger partial charge in [-0.15, -0.1) is 5.10 Å². The average Bonchev–Trinajstić information content (AvgIpc) is 2.80. The molecule has 6 nitrogen and oxygen atoms in total. The number of anilines is 1. The number of hydrogen-bond acceptors (Lipinski definition) is 4. The van der Waals surface area contributed by atoms with E-state index >= 15 is 0 Å². The van der Waals surface area contributed by atoms with Gasteiger partial charge in [0.25, 0.3) is 0 Å². The molecule has 0 atom stereocenters. The Labute approximate surface area is 118 Å². The summed E-state index contributed by atoms with van der Waals surface area (Å²) in [6.45, 7) is 0.0988. The molecule has 0 aliphatic carbocycles. The SMILES string of the molecule is O=C(Cn1cc(CCO)nn1)Nc1ccccc1Br. The number of carbonyl (C=O) groups excluding carboxylic acids is 1. The molecule has 1 aromatic heterocycles. The summed E-state index contributed by atoms with van der Waals surface area (Å²) in [6, 6.07) is 7.37. The fourth-order valence-electron chi connectivity index (χ4n) is 1.54. The third kappa shape index (κ3) is 3.87. The minimum Gasteiger partial charge on any atom is -0.396 e. The number of aliphatic hydroxyl groups is 1. The van der Waals surface area contributed by atoms with Gasteiger partial charge in [0.2, 0.25) is 5.91 Å². The normalized spacial score (nSPS) is 10.4. The van der Waals surface area contributed by atoms with Crippen molar-refractivity contribution in [3.05, 3.63) is 40.6 Å². The molecule has 7 heteroatoms. The van der Waals surface area contributed by atoms with Gasteiger partial charge in [-0.1, -0.05) is 17.3 Å². The molecule has 2 aromatic rings. The number of para-hydroxylation sites is 1. The Bertz CT molecular complexity index is 570. The second-order valence-corrected chi connectivity index (χ2v) is 4.76. The van der Waals surface area contributed by atoms with Gasteiger partial charge in [0.05, 0.1) is 11.4 Å². The van der Waals surface area contributed by atoms with Crippen LogP contribution in [0.3, 0.4) is 0 Å². The molecule has 0 saturated heterocycles. The Kier molecular flexibility index (Phi) is 4.64. The van der Waals surface area contributed by atoms with E-state index in [1.165, 1.54) is 4.68 Å². The monoisotopic (exact) mass is 324 g/mol. The lowest BCUT2D eigenvalue weighted by Gasteiger charge is -2.06. The van der Waals surface area contributed by atoms with Crippen LogP contribution in [0.25, 0.3) is 0 Å². The zero-order valence-electron chi connectivity index (χ0n) is 10.1. The van der Waals surface area contributed by atoms with Gasteiger partial charge in [0.1, 0.15) is 6.54 Å². The van der Waals surface area contributed by atoms with Crippen LogP contribution in [0.4, 0.5) is 5.69 Å². The van der Waals surface area contributed by atoms with Crippen molar-refractivity contribution >= 4 is 27.5 Å². The molecule has 0 saturated carbocycles. The van der Waals surface area contributed by atoms with E-state index in [1.54, 1.807) is 12.3 Å². The number of hydrogen-bond donors (Lipinski definition) is 2. The molecule has 1 amide bonds. The molecular formula is C12H13BrN4O2. The van der Waals surface area contributed by atoms with Gasteiger partial charge >= 0.3 is 0 Å². The van der Waals surface area contributed by atoms with Crippen LogP contribution in [-0.2, 0) is 17.8 Å². The summed E-state index contributed by atoms with van der Waals surface area (Å²) < 4.78 is 2.26. The van der Waals surface area contributed by atoms with Crippen LogP contribution in [-0.4, -0.2) is 32.6 Å². The molecular weight excluding hydrogens is 312 g/mol. The highest BCUT2D eigenvalue weighted by Gasteiger charge is 2.07. The molecule has 0 unspecified atom stereocenters. The van der Waals surface area contributed by atoms with Gasteiger partial charge in [0.15, 0.2) is 0 Å². The maximum absolute atomic E-state index is 11.8. The fourth-order valence-corrected chi connectivity index (χ4v) is 1.93. The molecule has 0 aliphatic heterocycles. The number of halogens is 1. The van der Waals surface area contributed by atoms with Crippen molar-refractivity contribution in [2.45, 2.75) is 13.0 Å². The predicted molar refractivity (Wildman–Crippen MR) is 73.6 cm³/mol. The highest BCUT2D eigenvalue weighted by molar-refractivity contribution is 9.10. The Morgan fingerprint density at radius 2 is 2.21 bits per heavy atom. The van der Waals surface area contributed by atoms with E-state index in [0.717, 1.165) is 4.47 Å². The van der Waals surface area contributed by atoms with Gasteiger partial charge in [0, 0.05) is 23.7 Å². The second kappa shape index (κ2) is 6.44. The number of nitrogens with zero attached hydrogens (tertiary/aromatic N) is 3. The van der Waals surface area contributed by atoms with Crippen LogP contribution in [0.1, 0.15) is 5.69 Å². The quantitative estimate of drug-likeness (QED) is 0.866. The lowest BCUT2D eigenvalue weighted by atomic mass is 10.3.